The monoisotopic (exact) mass is 302 g/mol. The van der Waals surface area contributed by atoms with Crippen LogP contribution < -0.4 is 5.32 Å². The molecular formula is C16H22N4O2. The first-order chi connectivity index (χ1) is 10.7. The first-order valence-corrected chi connectivity index (χ1v) is 7.76. The molecule has 0 spiro atoms. The molecule has 0 unspecified atom stereocenters. The maximum Gasteiger partial charge on any atom is 0.409 e. The van der Waals surface area contributed by atoms with E-state index in [4.69, 9.17) is 4.74 Å². The molecule has 1 fully saturated rings. The van der Waals surface area contributed by atoms with Gasteiger partial charge in [0.05, 0.1) is 24.2 Å². The average molecular weight is 302 g/mol. The Morgan fingerprint density at radius 2 is 2.41 bits per heavy atom. The summed E-state index contributed by atoms with van der Waals surface area (Å²) in [7, 11) is 0. The van der Waals surface area contributed by atoms with E-state index in [9.17, 15) is 4.79 Å². The van der Waals surface area contributed by atoms with Gasteiger partial charge >= 0.3 is 6.09 Å². The van der Waals surface area contributed by atoms with E-state index in [1.807, 2.05) is 13.0 Å². The van der Waals surface area contributed by atoms with Gasteiger partial charge in [0.25, 0.3) is 0 Å². The molecule has 6 nitrogen and oxygen atoms in total. The summed E-state index contributed by atoms with van der Waals surface area (Å²) in [6.07, 6.45) is 0.726. The Bertz CT molecular complexity index is 667. The molecule has 22 heavy (non-hydrogen) atoms. The van der Waals surface area contributed by atoms with E-state index < -0.39 is 0 Å². The van der Waals surface area contributed by atoms with Crippen molar-refractivity contribution in [3.63, 3.8) is 0 Å². The van der Waals surface area contributed by atoms with E-state index in [2.05, 4.69) is 34.3 Å². The number of nitrogens with one attached hydrogen (secondary N) is 2. The Morgan fingerprint density at radius 1 is 1.55 bits per heavy atom. The summed E-state index contributed by atoms with van der Waals surface area (Å²) in [6.45, 7) is 6.43. The van der Waals surface area contributed by atoms with Gasteiger partial charge in [0.1, 0.15) is 5.82 Å². The van der Waals surface area contributed by atoms with Crippen LogP contribution in [-0.2, 0) is 11.3 Å². The van der Waals surface area contributed by atoms with Crippen molar-refractivity contribution in [2.45, 2.75) is 32.9 Å². The van der Waals surface area contributed by atoms with Crippen molar-refractivity contribution in [2.24, 2.45) is 0 Å². The zero-order chi connectivity index (χ0) is 15.5. The van der Waals surface area contributed by atoms with Crippen molar-refractivity contribution in [3.8, 4) is 0 Å². The van der Waals surface area contributed by atoms with Gasteiger partial charge < -0.3 is 19.9 Å². The molecule has 1 aliphatic heterocycles. The number of ether oxygens (including phenoxy) is 1. The van der Waals surface area contributed by atoms with E-state index in [1.165, 1.54) is 5.56 Å². The van der Waals surface area contributed by atoms with Crippen LogP contribution in [0.1, 0.15) is 24.7 Å². The average Bonchev–Trinajstić information content (AvgIpc) is 3.11. The standard InChI is InChI=1S/C16H22N4O2/c1-3-22-16(21)20-7-6-12(10-20)17-9-15-18-13-5-4-11(2)8-14(13)19-15/h4-5,8,12,17H,3,6-7,9-10H2,1-2H3,(H,18,19)/t12-/m0/s1. The van der Waals surface area contributed by atoms with Gasteiger partial charge in [-0.05, 0) is 38.0 Å². The molecule has 6 heteroatoms. The Kier molecular flexibility index (Phi) is 4.29. The number of fused-ring (bicyclic) bond motifs is 1. The lowest BCUT2D eigenvalue weighted by atomic mass is 10.2. The summed E-state index contributed by atoms with van der Waals surface area (Å²) < 4.78 is 5.03. The lowest BCUT2D eigenvalue weighted by molar-refractivity contribution is 0.115. The van der Waals surface area contributed by atoms with Crippen molar-refractivity contribution in [1.82, 2.24) is 20.2 Å². The summed E-state index contributed by atoms with van der Waals surface area (Å²) in [6, 6.07) is 6.49. The number of carbonyl (C=O) groups is 1. The number of rotatable bonds is 4. The molecule has 0 saturated carbocycles. The van der Waals surface area contributed by atoms with Crippen LogP contribution in [0.4, 0.5) is 4.79 Å². The van der Waals surface area contributed by atoms with Gasteiger partial charge in [-0.15, -0.1) is 0 Å². The molecule has 1 saturated heterocycles. The summed E-state index contributed by atoms with van der Waals surface area (Å²) >= 11 is 0. The van der Waals surface area contributed by atoms with Crippen molar-refractivity contribution >= 4 is 17.1 Å². The number of likely N-dealkylation sites (tertiary alicyclic amines) is 1. The Balaban J connectivity index is 1.55. The lowest BCUT2D eigenvalue weighted by Gasteiger charge is -2.16. The number of aromatic nitrogens is 2. The molecule has 1 aromatic carbocycles. The highest BCUT2D eigenvalue weighted by atomic mass is 16.6. The predicted octanol–water partition coefficient (Wildman–Crippen LogP) is 2.19. The van der Waals surface area contributed by atoms with E-state index in [0.717, 1.165) is 29.8 Å². The largest absolute Gasteiger partial charge is 0.450 e. The number of amides is 1. The molecule has 0 aliphatic carbocycles. The second kappa shape index (κ2) is 6.36. The van der Waals surface area contributed by atoms with Crippen LogP contribution in [0.25, 0.3) is 11.0 Å². The molecule has 1 aromatic heterocycles. The van der Waals surface area contributed by atoms with Crippen molar-refractivity contribution < 1.29 is 9.53 Å². The van der Waals surface area contributed by atoms with Gasteiger partial charge in [-0.3, -0.25) is 0 Å². The van der Waals surface area contributed by atoms with Gasteiger partial charge in [0, 0.05) is 19.1 Å². The maximum absolute atomic E-state index is 11.7. The number of hydrogen-bond donors (Lipinski definition) is 2. The van der Waals surface area contributed by atoms with Crippen LogP contribution in [0.2, 0.25) is 0 Å². The van der Waals surface area contributed by atoms with E-state index in [0.29, 0.717) is 25.7 Å². The van der Waals surface area contributed by atoms with Gasteiger partial charge in [-0.2, -0.15) is 0 Å². The highest BCUT2D eigenvalue weighted by Crippen LogP contribution is 2.14. The third-order valence-corrected chi connectivity index (χ3v) is 3.96. The first kappa shape index (κ1) is 14.8. The second-order valence-corrected chi connectivity index (χ2v) is 5.72. The van der Waals surface area contributed by atoms with Gasteiger partial charge in [-0.25, -0.2) is 9.78 Å². The maximum atomic E-state index is 11.7. The molecule has 1 atom stereocenters. The number of hydrogen-bond acceptors (Lipinski definition) is 4. The topological polar surface area (TPSA) is 70.2 Å². The molecule has 2 aromatic rings. The normalized spacial score (nSPS) is 18.1. The second-order valence-electron chi connectivity index (χ2n) is 5.72. The van der Waals surface area contributed by atoms with Crippen LogP contribution in [0.15, 0.2) is 18.2 Å². The summed E-state index contributed by atoms with van der Waals surface area (Å²) in [5, 5.41) is 3.46. The number of nitrogens with zero attached hydrogens (tertiary/aromatic N) is 2. The third kappa shape index (κ3) is 3.22. The van der Waals surface area contributed by atoms with Crippen molar-refractivity contribution in [2.75, 3.05) is 19.7 Å². The molecule has 3 rings (SSSR count). The van der Waals surface area contributed by atoms with Gasteiger partial charge in [-0.1, -0.05) is 6.07 Å². The summed E-state index contributed by atoms with van der Waals surface area (Å²) in [5.74, 6) is 0.926. The van der Waals surface area contributed by atoms with Gasteiger partial charge in [0.15, 0.2) is 0 Å². The molecule has 2 N–H and O–H groups in total. The summed E-state index contributed by atoms with van der Waals surface area (Å²) in [4.78, 5) is 21.3. The molecule has 118 valence electrons. The highest BCUT2D eigenvalue weighted by Gasteiger charge is 2.26. The molecular weight excluding hydrogens is 280 g/mol. The SMILES string of the molecule is CCOC(=O)N1CC[C@H](NCc2nc3ccc(C)cc3[nH]2)C1. The minimum atomic E-state index is -0.217. The lowest BCUT2D eigenvalue weighted by Crippen LogP contribution is -2.35. The number of carbonyl (C=O) groups excluding carboxylic acids is 1. The fourth-order valence-electron chi connectivity index (χ4n) is 2.81. The smallest absolute Gasteiger partial charge is 0.409 e. The quantitative estimate of drug-likeness (QED) is 0.908. The molecule has 0 radical (unpaired) electrons. The van der Waals surface area contributed by atoms with E-state index >= 15 is 0 Å². The molecule has 1 amide bonds. The predicted molar refractivity (Wildman–Crippen MR) is 84.7 cm³/mol. The van der Waals surface area contributed by atoms with E-state index in [1.54, 1.807) is 4.90 Å². The highest BCUT2D eigenvalue weighted by molar-refractivity contribution is 5.75. The number of aromatic amines is 1. The molecule has 1 aliphatic rings. The van der Waals surface area contributed by atoms with Crippen LogP contribution in [0.3, 0.4) is 0 Å². The van der Waals surface area contributed by atoms with Crippen LogP contribution in [0.5, 0.6) is 0 Å². The van der Waals surface area contributed by atoms with Crippen LogP contribution >= 0.6 is 0 Å². The fourth-order valence-corrected chi connectivity index (χ4v) is 2.81. The van der Waals surface area contributed by atoms with Crippen LogP contribution in [0, 0.1) is 6.92 Å². The Morgan fingerprint density at radius 3 is 3.23 bits per heavy atom. The zero-order valence-electron chi connectivity index (χ0n) is 13.1. The van der Waals surface area contributed by atoms with Crippen molar-refractivity contribution in [3.05, 3.63) is 29.6 Å². The Labute approximate surface area is 129 Å². The minimum Gasteiger partial charge on any atom is -0.450 e. The number of aryl methyl sites for hydroxylation is 1. The van der Waals surface area contributed by atoms with Crippen molar-refractivity contribution in [1.29, 1.82) is 0 Å². The Hall–Kier alpha value is -2.08. The summed E-state index contributed by atoms with van der Waals surface area (Å²) in [5.41, 5.74) is 3.27. The number of H-pyrrole nitrogens is 1. The first-order valence-electron chi connectivity index (χ1n) is 7.76. The molecule has 2 heterocycles. The van der Waals surface area contributed by atoms with Gasteiger partial charge in [0.2, 0.25) is 0 Å². The minimum absolute atomic E-state index is 0.217. The van der Waals surface area contributed by atoms with E-state index in [-0.39, 0.29) is 6.09 Å². The van der Waals surface area contributed by atoms with Crippen LogP contribution in [-0.4, -0.2) is 46.7 Å². The number of benzene rings is 1. The molecule has 0 bridgehead atoms. The number of imidazole rings is 1. The zero-order valence-corrected chi connectivity index (χ0v) is 13.1. The fraction of sp³-hybridized carbons (Fsp3) is 0.500. The third-order valence-electron chi connectivity index (χ3n) is 3.96.